The number of aliphatic hydroxyl groups is 1. The lowest BCUT2D eigenvalue weighted by Crippen LogP contribution is -2.49. The fraction of sp³-hybridized carbons (Fsp3) is 0.333. The van der Waals surface area contributed by atoms with Crippen LogP contribution in [0.15, 0.2) is 24.3 Å². The molecule has 0 heterocycles. The Morgan fingerprint density at radius 1 is 1.37 bits per heavy atom. The summed E-state index contributed by atoms with van der Waals surface area (Å²) in [7, 11) is 0. The van der Waals surface area contributed by atoms with Gasteiger partial charge in [0.15, 0.2) is 12.6 Å². The van der Waals surface area contributed by atoms with E-state index in [4.69, 9.17) is 21.4 Å². The zero-order valence-corrected chi connectivity index (χ0v) is 10.9. The third-order valence-electron chi connectivity index (χ3n) is 2.25. The second-order valence-corrected chi connectivity index (χ2v) is 4.30. The van der Waals surface area contributed by atoms with E-state index in [0.29, 0.717) is 10.8 Å². The molecule has 2 atom stereocenters. The standard InChI is InChI=1S/C12H14ClNO5/c1-7(15)11(12(17)18)14-10(16)6-19-9-4-2-8(13)3-5-9/h2-5,7,11,15H,6H2,1H3,(H,14,16)(H,17,18)/t7?,11-/m0/s1. The molecule has 3 N–H and O–H groups in total. The van der Waals surface area contributed by atoms with Crippen LogP contribution in [0.2, 0.25) is 5.02 Å². The van der Waals surface area contributed by atoms with E-state index in [0.717, 1.165) is 0 Å². The van der Waals surface area contributed by atoms with E-state index in [2.05, 4.69) is 5.32 Å². The highest BCUT2D eigenvalue weighted by Crippen LogP contribution is 2.15. The quantitative estimate of drug-likeness (QED) is 0.715. The number of carboxylic acid groups (broad SMARTS) is 1. The normalized spacial score (nSPS) is 13.4. The summed E-state index contributed by atoms with van der Waals surface area (Å²) in [6.07, 6.45) is -1.20. The van der Waals surface area contributed by atoms with Gasteiger partial charge in [-0.1, -0.05) is 11.6 Å². The minimum atomic E-state index is -1.36. The molecule has 0 fully saturated rings. The van der Waals surface area contributed by atoms with Gasteiger partial charge in [-0.25, -0.2) is 4.79 Å². The number of hydrogen-bond donors (Lipinski definition) is 3. The molecule has 0 saturated heterocycles. The highest BCUT2D eigenvalue weighted by Gasteiger charge is 2.24. The molecule has 0 bridgehead atoms. The number of carbonyl (C=O) groups is 2. The number of ether oxygens (including phenoxy) is 1. The largest absolute Gasteiger partial charge is 0.484 e. The summed E-state index contributed by atoms with van der Waals surface area (Å²) in [4.78, 5) is 22.2. The first kappa shape index (κ1) is 15.3. The van der Waals surface area contributed by atoms with Gasteiger partial charge in [0.25, 0.3) is 5.91 Å². The summed E-state index contributed by atoms with van der Waals surface area (Å²) in [5, 5.41) is 20.7. The Balaban J connectivity index is 2.47. The summed E-state index contributed by atoms with van der Waals surface area (Å²) in [5.41, 5.74) is 0. The summed E-state index contributed by atoms with van der Waals surface area (Å²) >= 11 is 5.69. The summed E-state index contributed by atoms with van der Waals surface area (Å²) in [6.45, 7) is 0.928. The number of carbonyl (C=O) groups excluding carboxylic acids is 1. The Morgan fingerprint density at radius 3 is 2.42 bits per heavy atom. The van der Waals surface area contributed by atoms with Crippen molar-refractivity contribution in [1.29, 1.82) is 0 Å². The third-order valence-corrected chi connectivity index (χ3v) is 2.50. The molecule has 0 aromatic heterocycles. The van der Waals surface area contributed by atoms with Crippen LogP contribution in [0.4, 0.5) is 0 Å². The predicted octanol–water partition coefficient (Wildman–Crippen LogP) is 0.669. The zero-order chi connectivity index (χ0) is 14.4. The predicted molar refractivity (Wildman–Crippen MR) is 68.2 cm³/mol. The fourth-order valence-electron chi connectivity index (χ4n) is 1.28. The van der Waals surface area contributed by atoms with Gasteiger partial charge >= 0.3 is 5.97 Å². The van der Waals surface area contributed by atoms with Crippen molar-refractivity contribution in [1.82, 2.24) is 5.32 Å². The van der Waals surface area contributed by atoms with Crippen LogP contribution in [0.5, 0.6) is 5.75 Å². The molecule has 6 nitrogen and oxygen atoms in total. The molecule has 0 saturated carbocycles. The number of aliphatic carboxylic acids is 1. The number of carboxylic acids is 1. The number of amides is 1. The number of nitrogens with one attached hydrogen (secondary N) is 1. The molecule has 0 aliphatic heterocycles. The molecule has 1 rings (SSSR count). The smallest absolute Gasteiger partial charge is 0.328 e. The SMILES string of the molecule is CC(O)[C@H](NC(=O)COc1ccc(Cl)cc1)C(=O)O. The molecular weight excluding hydrogens is 274 g/mol. The van der Waals surface area contributed by atoms with Gasteiger partial charge in [-0.3, -0.25) is 4.79 Å². The Hall–Kier alpha value is -1.79. The monoisotopic (exact) mass is 287 g/mol. The van der Waals surface area contributed by atoms with E-state index in [9.17, 15) is 14.7 Å². The lowest BCUT2D eigenvalue weighted by Gasteiger charge is -2.17. The van der Waals surface area contributed by atoms with E-state index in [1.165, 1.54) is 6.92 Å². The molecule has 7 heteroatoms. The van der Waals surface area contributed by atoms with Gasteiger partial charge in [0.2, 0.25) is 0 Å². The van der Waals surface area contributed by atoms with E-state index in [1.807, 2.05) is 0 Å². The first-order valence-electron chi connectivity index (χ1n) is 5.48. The van der Waals surface area contributed by atoms with Gasteiger partial charge in [-0.05, 0) is 31.2 Å². The molecule has 0 radical (unpaired) electrons. The van der Waals surface area contributed by atoms with Crippen molar-refractivity contribution < 1.29 is 24.5 Å². The first-order valence-corrected chi connectivity index (χ1v) is 5.86. The van der Waals surface area contributed by atoms with Crippen molar-refractivity contribution in [2.45, 2.75) is 19.1 Å². The molecule has 19 heavy (non-hydrogen) atoms. The number of rotatable bonds is 6. The Morgan fingerprint density at radius 2 is 1.95 bits per heavy atom. The number of benzene rings is 1. The van der Waals surface area contributed by atoms with Gasteiger partial charge in [-0.15, -0.1) is 0 Å². The van der Waals surface area contributed by atoms with Crippen LogP contribution in [0.3, 0.4) is 0 Å². The Kier molecular flexibility index (Phi) is 5.59. The second-order valence-electron chi connectivity index (χ2n) is 3.87. The van der Waals surface area contributed by atoms with Crippen molar-refractivity contribution in [3.63, 3.8) is 0 Å². The van der Waals surface area contributed by atoms with Crippen molar-refractivity contribution in [2.24, 2.45) is 0 Å². The van der Waals surface area contributed by atoms with Gasteiger partial charge in [0, 0.05) is 5.02 Å². The van der Waals surface area contributed by atoms with Crippen LogP contribution in [0, 0.1) is 0 Å². The molecular formula is C12H14ClNO5. The maximum absolute atomic E-state index is 11.5. The average molecular weight is 288 g/mol. The fourth-order valence-corrected chi connectivity index (χ4v) is 1.41. The summed E-state index contributed by atoms with van der Waals surface area (Å²) in [5.74, 6) is -1.51. The van der Waals surface area contributed by atoms with E-state index in [1.54, 1.807) is 24.3 Å². The van der Waals surface area contributed by atoms with E-state index < -0.39 is 24.0 Å². The van der Waals surface area contributed by atoms with Crippen molar-refractivity contribution in [3.05, 3.63) is 29.3 Å². The maximum atomic E-state index is 11.5. The van der Waals surface area contributed by atoms with E-state index >= 15 is 0 Å². The minimum absolute atomic E-state index is 0.349. The first-order chi connectivity index (χ1) is 8.90. The Labute approximate surface area is 114 Å². The zero-order valence-electron chi connectivity index (χ0n) is 10.2. The van der Waals surface area contributed by atoms with Crippen molar-refractivity contribution in [2.75, 3.05) is 6.61 Å². The highest BCUT2D eigenvalue weighted by molar-refractivity contribution is 6.30. The van der Waals surface area contributed by atoms with E-state index in [-0.39, 0.29) is 6.61 Å². The lowest BCUT2D eigenvalue weighted by atomic mass is 10.2. The number of halogens is 1. The molecule has 0 aliphatic rings. The molecule has 1 unspecified atom stereocenters. The van der Waals surface area contributed by atoms with Crippen LogP contribution in [0.1, 0.15) is 6.92 Å². The van der Waals surface area contributed by atoms with Gasteiger partial charge in [0.05, 0.1) is 6.10 Å². The van der Waals surface area contributed by atoms with Crippen LogP contribution >= 0.6 is 11.6 Å². The van der Waals surface area contributed by atoms with Gasteiger partial charge < -0.3 is 20.3 Å². The molecule has 1 amide bonds. The van der Waals surface area contributed by atoms with Gasteiger partial charge in [-0.2, -0.15) is 0 Å². The topological polar surface area (TPSA) is 95.9 Å². The third kappa shape index (κ3) is 5.15. The van der Waals surface area contributed by atoms with Crippen LogP contribution in [-0.2, 0) is 9.59 Å². The highest BCUT2D eigenvalue weighted by atomic mass is 35.5. The number of aliphatic hydroxyl groups excluding tert-OH is 1. The van der Waals surface area contributed by atoms with Crippen molar-refractivity contribution in [3.8, 4) is 5.75 Å². The van der Waals surface area contributed by atoms with Crippen LogP contribution in [-0.4, -0.2) is 40.8 Å². The molecule has 0 spiro atoms. The molecule has 1 aromatic carbocycles. The number of hydrogen-bond acceptors (Lipinski definition) is 4. The van der Waals surface area contributed by atoms with Crippen LogP contribution in [0.25, 0.3) is 0 Å². The van der Waals surface area contributed by atoms with Crippen molar-refractivity contribution >= 4 is 23.5 Å². The summed E-state index contributed by atoms with van der Waals surface area (Å²) in [6, 6.07) is 5.01. The second kappa shape index (κ2) is 6.96. The van der Waals surface area contributed by atoms with Gasteiger partial charge in [0.1, 0.15) is 5.75 Å². The minimum Gasteiger partial charge on any atom is -0.484 e. The lowest BCUT2D eigenvalue weighted by molar-refractivity contribution is -0.145. The molecule has 0 aliphatic carbocycles. The summed E-state index contributed by atoms with van der Waals surface area (Å²) < 4.78 is 5.14. The van der Waals surface area contributed by atoms with Crippen LogP contribution < -0.4 is 10.1 Å². The molecule has 104 valence electrons. The maximum Gasteiger partial charge on any atom is 0.328 e. The molecule has 1 aromatic rings. The Bertz CT molecular complexity index is 446. The average Bonchev–Trinajstić information content (AvgIpc) is 2.34.